The summed E-state index contributed by atoms with van der Waals surface area (Å²) >= 11 is 0. The number of nitrogens with zero attached hydrogens (tertiary/aromatic N) is 1. The summed E-state index contributed by atoms with van der Waals surface area (Å²) in [6, 6.07) is 13.7. The molecule has 0 aliphatic carbocycles. The third-order valence-corrected chi connectivity index (χ3v) is 5.84. The lowest BCUT2D eigenvalue weighted by atomic mass is 10.0. The van der Waals surface area contributed by atoms with Crippen molar-refractivity contribution in [1.29, 1.82) is 0 Å². The number of benzene rings is 2. The highest BCUT2D eigenvalue weighted by molar-refractivity contribution is 6.04. The second kappa shape index (κ2) is 10.9. The molecular formula is C24H33N4O3+. The predicted octanol–water partition coefficient (Wildman–Crippen LogP) is 2.14. The van der Waals surface area contributed by atoms with Crippen LogP contribution in [0.1, 0.15) is 25.0 Å². The van der Waals surface area contributed by atoms with Crippen molar-refractivity contribution < 1.29 is 19.2 Å². The van der Waals surface area contributed by atoms with Crippen molar-refractivity contribution in [3.63, 3.8) is 0 Å². The van der Waals surface area contributed by atoms with Gasteiger partial charge in [0.25, 0.3) is 0 Å². The SMILES string of the molecule is CC[NH+](CC)CCNCC(=O)N1c2ccccc2CCc2ccc(NC(=O)OC)cc21. The smallest absolute Gasteiger partial charge is 0.411 e. The lowest BCUT2D eigenvalue weighted by molar-refractivity contribution is -0.895. The molecule has 166 valence electrons. The van der Waals surface area contributed by atoms with Crippen LogP contribution >= 0.6 is 0 Å². The van der Waals surface area contributed by atoms with Crippen molar-refractivity contribution in [3.05, 3.63) is 53.6 Å². The number of aryl methyl sites for hydroxylation is 2. The number of carbonyl (C=O) groups is 2. The van der Waals surface area contributed by atoms with Gasteiger partial charge in [0, 0.05) is 12.2 Å². The number of hydrogen-bond acceptors (Lipinski definition) is 4. The highest BCUT2D eigenvalue weighted by Crippen LogP contribution is 2.37. The van der Waals surface area contributed by atoms with E-state index in [0.717, 1.165) is 61.5 Å². The average molecular weight is 426 g/mol. The van der Waals surface area contributed by atoms with Crippen LogP contribution in [0.15, 0.2) is 42.5 Å². The summed E-state index contributed by atoms with van der Waals surface area (Å²) in [5.41, 5.74) is 4.52. The van der Waals surface area contributed by atoms with E-state index in [2.05, 4.69) is 30.5 Å². The Morgan fingerprint density at radius 2 is 1.74 bits per heavy atom. The standard InChI is InChI=1S/C24H32N4O3/c1-4-27(5-2)15-14-25-17-23(29)28-21-9-7-6-8-18(21)10-11-19-12-13-20(16-22(19)28)26-24(30)31-3/h6-9,12-13,16,25H,4-5,10-11,14-15,17H2,1-3H3,(H,26,30)/p+1. The Morgan fingerprint density at radius 3 is 2.45 bits per heavy atom. The molecule has 7 nitrogen and oxygen atoms in total. The predicted molar refractivity (Wildman–Crippen MR) is 123 cm³/mol. The number of rotatable bonds is 8. The summed E-state index contributed by atoms with van der Waals surface area (Å²) in [5.74, 6) is -0.0136. The number of quaternary nitrogens is 1. The van der Waals surface area contributed by atoms with Crippen LogP contribution in [0, 0.1) is 0 Å². The number of amides is 2. The van der Waals surface area contributed by atoms with E-state index in [9.17, 15) is 9.59 Å². The van der Waals surface area contributed by atoms with Gasteiger partial charge in [-0.1, -0.05) is 24.3 Å². The Kier molecular flexibility index (Phi) is 8.03. The van der Waals surface area contributed by atoms with Gasteiger partial charge in [-0.3, -0.25) is 15.0 Å². The second-order valence-corrected chi connectivity index (χ2v) is 7.70. The number of hydrogen-bond donors (Lipinski definition) is 3. The molecule has 2 amide bonds. The summed E-state index contributed by atoms with van der Waals surface area (Å²) in [5, 5.41) is 6.02. The van der Waals surface area contributed by atoms with Gasteiger partial charge in [0.2, 0.25) is 5.91 Å². The van der Waals surface area contributed by atoms with Crippen molar-refractivity contribution in [3.8, 4) is 0 Å². The Morgan fingerprint density at radius 1 is 1.03 bits per heavy atom. The fraction of sp³-hybridized carbons (Fsp3) is 0.417. The molecule has 0 saturated carbocycles. The third-order valence-electron chi connectivity index (χ3n) is 5.84. The largest absolute Gasteiger partial charge is 0.453 e. The molecule has 3 N–H and O–H groups in total. The van der Waals surface area contributed by atoms with Crippen LogP contribution in [0.4, 0.5) is 21.9 Å². The van der Waals surface area contributed by atoms with E-state index < -0.39 is 6.09 Å². The molecule has 0 bridgehead atoms. The van der Waals surface area contributed by atoms with Gasteiger partial charge in [0.1, 0.15) is 0 Å². The fourth-order valence-electron chi connectivity index (χ4n) is 3.98. The zero-order valence-electron chi connectivity index (χ0n) is 18.7. The van der Waals surface area contributed by atoms with Gasteiger partial charge in [0.15, 0.2) is 0 Å². The first kappa shape index (κ1) is 22.8. The van der Waals surface area contributed by atoms with Crippen LogP contribution in [0.2, 0.25) is 0 Å². The summed E-state index contributed by atoms with van der Waals surface area (Å²) < 4.78 is 4.71. The maximum atomic E-state index is 13.4. The van der Waals surface area contributed by atoms with Gasteiger partial charge >= 0.3 is 6.09 Å². The summed E-state index contributed by atoms with van der Waals surface area (Å²) in [7, 11) is 1.33. The zero-order valence-corrected chi connectivity index (χ0v) is 18.7. The van der Waals surface area contributed by atoms with Crippen LogP contribution in [-0.4, -0.2) is 51.8 Å². The lowest BCUT2D eigenvalue weighted by Crippen LogP contribution is -3.12. The van der Waals surface area contributed by atoms with Crippen LogP contribution < -0.4 is 20.4 Å². The molecule has 0 atom stereocenters. The van der Waals surface area contributed by atoms with Crippen molar-refractivity contribution >= 4 is 29.1 Å². The summed E-state index contributed by atoms with van der Waals surface area (Å²) in [6.07, 6.45) is 1.15. The minimum absolute atomic E-state index is 0.0136. The molecule has 3 rings (SSSR count). The van der Waals surface area contributed by atoms with Crippen molar-refractivity contribution in [1.82, 2.24) is 5.32 Å². The number of likely N-dealkylation sites (N-methyl/N-ethyl adjacent to an activating group) is 1. The van der Waals surface area contributed by atoms with E-state index in [-0.39, 0.29) is 12.5 Å². The Bertz CT molecular complexity index is 911. The zero-order chi connectivity index (χ0) is 22.2. The van der Waals surface area contributed by atoms with Gasteiger partial charge < -0.3 is 15.0 Å². The number of para-hydroxylation sites is 1. The van der Waals surface area contributed by atoms with Crippen molar-refractivity contribution in [2.45, 2.75) is 26.7 Å². The molecular weight excluding hydrogens is 392 g/mol. The molecule has 2 aromatic carbocycles. The van der Waals surface area contributed by atoms with Crippen LogP contribution in [-0.2, 0) is 22.4 Å². The molecule has 1 aliphatic heterocycles. The topological polar surface area (TPSA) is 75.1 Å². The summed E-state index contributed by atoms with van der Waals surface area (Å²) in [6.45, 7) is 8.53. The maximum absolute atomic E-state index is 13.4. The van der Waals surface area contributed by atoms with Crippen LogP contribution in [0.5, 0.6) is 0 Å². The number of anilines is 3. The molecule has 0 aromatic heterocycles. The Balaban J connectivity index is 1.86. The van der Waals surface area contributed by atoms with E-state index in [0.29, 0.717) is 5.69 Å². The molecule has 0 unspecified atom stereocenters. The van der Waals surface area contributed by atoms with Crippen LogP contribution in [0.25, 0.3) is 0 Å². The second-order valence-electron chi connectivity index (χ2n) is 7.70. The van der Waals surface area contributed by atoms with Gasteiger partial charge in [-0.05, 0) is 56.0 Å². The van der Waals surface area contributed by atoms with Gasteiger partial charge in [-0.2, -0.15) is 0 Å². The first-order chi connectivity index (χ1) is 15.1. The number of methoxy groups -OCH3 is 1. The van der Waals surface area contributed by atoms with Gasteiger partial charge in [-0.25, -0.2) is 4.79 Å². The minimum Gasteiger partial charge on any atom is -0.453 e. The summed E-state index contributed by atoms with van der Waals surface area (Å²) in [4.78, 5) is 28.4. The number of nitrogens with one attached hydrogen (secondary N) is 3. The minimum atomic E-state index is -0.535. The molecule has 7 heteroatoms. The fourth-order valence-corrected chi connectivity index (χ4v) is 3.98. The normalized spacial score (nSPS) is 12.7. The highest BCUT2D eigenvalue weighted by atomic mass is 16.5. The molecule has 0 radical (unpaired) electrons. The quantitative estimate of drug-likeness (QED) is 0.567. The molecule has 2 aromatic rings. The third kappa shape index (κ3) is 5.62. The highest BCUT2D eigenvalue weighted by Gasteiger charge is 2.26. The first-order valence-corrected chi connectivity index (χ1v) is 11.0. The maximum Gasteiger partial charge on any atom is 0.411 e. The van der Waals surface area contributed by atoms with Crippen molar-refractivity contribution in [2.75, 3.05) is 50.1 Å². The average Bonchev–Trinajstić information content (AvgIpc) is 2.95. The first-order valence-electron chi connectivity index (χ1n) is 11.0. The Labute approximate surface area is 184 Å². The number of ether oxygens (including phenoxy) is 1. The molecule has 0 fully saturated rings. The Hall–Kier alpha value is -2.90. The lowest BCUT2D eigenvalue weighted by Gasteiger charge is -2.26. The molecule has 1 aliphatic rings. The molecule has 1 heterocycles. The molecule has 31 heavy (non-hydrogen) atoms. The van der Waals surface area contributed by atoms with Crippen LogP contribution in [0.3, 0.4) is 0 Å². The van der Waals surface area contributed by atoms with E-state index in [1.54, 1.807) is 4.90 Å². The number of fused-ring (bicyclic) bond motifs is 2. The van der Waals surface area contributed by atoms with E-state index in [1.807, 2.05) is 36.4 Å². The van der Waals surface area contributed by atoms with Crippen molar-refractivity contribution in [2.24, 2.45) is 0 Å². The van der Waals surface area contributed by atoms with E-state index >= 15 is 0 Å². The molecule has 0 saturated heterocycles. The van der Waals surface area contributed by atoms with E-state index in [4.69, 9.17) is 4.74 Å². The molecule has 0 spiro atoms. The van der Waals surface area contributed by atoms with Gasteiger partial charge in [0.05, 0.1) is 44.7 Å². The number of carbonyl (C=O) groups excluding carboxylic acids is 2. The van der Waals surface area contributed by atoms with E-state index in [1.165, 1.54) is 12.0 Å². The van der Waals surface area contributed by atoms with Gasteiger partial charge in [-0.15, -0.1) is 0 Å². The monoisotopic (exact) mass is 425 g/mol.